The first-order valence-electron chi connectivity index (χ1n) is 6.72. The Morgan fingerprint density at radius 1 is 1.32 bits per heavy atom. The maximum atomic E-state index is 11.3. The van der Waals surface area contributed by atoms with Crippen molar-refractivity contribution in [1.82, 2.24) is 10.1 Å². The number of carboxylic acids is 1. The highest BCUT2D eigenvalue weighted by Crippen LogP contribution is 2.34. The molecule has 2 aliphatic rings. The van der Waals surface area contributed by atoms with Gasteiger partial charge in [-0.15, -0.1) is 0 Å². The molecule has 6 nitrogen and oxygen atoms in total. The van der Waals surface area contributed by atoms with Gasteiger partial charge in [-0.3, -0.25) is 4.79 Å². The molecule has 1 aliphatic carbocycles. The van der Waals surface area contributed by atoms with Crippen LogP contribution in [-0.2, 0) is 4.79 Å². The van der Waals surface area contributed by atoms with E-state index in [-0.39, 0.29) is 5.92 Å². The van der Waals surface area contributed by atoms with Crippen molar-refractivity contribution in [3.05, 3.63) is 18.0 Å². The van der Waals surface area contributed by atoms with Crippen LogP contribution in [0, 0.1) is 5.92 Å². The summed E-state index contributed by atoms with van der Waals surface area (Å²) in [5, 5.41) is 13.2. The maximum absolute atomic E-state index is 11.3. The molecule has 1 aliphatic heterocycles. The number of allylic oxidation sites excluding steroid dienone is 2. The van der Waals surface area contributed by atoms with Gasteiger partial charge >= 0.3 is 5.97 Å². The number of carbonyl (C=O) groups is 1. The molecule has 6 heteroatoms. The normalized spacial score (nSPS) is 26.8. The first-order valence-corrected chi connectivity index (χ1v) is 6.72. The molecule has 102 valence electrons. The zero-order chi connectivity index (χ0) is 13.2. The fraction of sp³-hybridized carbons (Fsp3) is 0.615. The minimum atomic E-state index is -0.796. The minimum absolute atomic E-state index is 0.202. The predicted molar refractivity (Wildman–Crippen MR) is 68.0 cm³/mol. The zero-order valence-electron chi connectivity index (χ0n) is 10.7. The van der Waals surface area contributed by atoms with Crippen molar-refractivity contribution in [1.29, 1.82) is 0 Å². The largest absolute Gasteiger partial charge is 0.481 e. The molecule has 1 aromatic heterocycles. The monoisotopic (exact) mass is 263 g/mol. The molecule has 0 aromatic carbocycles. The minimum Gasteiger partial charge on any atom is -0.481 e. The lowest BCUT2D eigenvalue weighted by Crippen LogP contribution is -2.24. The van der Waals surface area contributed by atoms with E-state index in [1.54, 1.807) is 0 Å². The van der Waals surface area contributed by atoms with Crippen LogP contribution in [0.3, 0.4) is 0 Å². The second kappa shape index (κ2) is 5.03. The van der Waals surface area contributed by atoms with E-state index in [0.29, 0.717) is 24.7 Å². The molecule has 2 atom stereocenters. The Labute approximate surface area is 111 Å². The van der Waals surface area contributed by atoms with Gasteiger partial charge in [0.05, 0.1) is 11.8 Å². The standard InChI is InChI=1S/C13H17N3O3/c17-12(18)10-6-2-1-5-9(10)11-14-13(15-19-11)16-7-3-4-8-16/h1-2,9-10H,3-8H2,(H,17,18). The lowest BCUT2D eigenvalue weighted by molar-refractivity contribution is -0.142. The van der Waals surface area contributed by atoms with Crippen molar-refractivity contribution in [3.8, 4) is 0 Å². The van der Waals surface area contributed by atoms with Crippen molar-refractivity contribution >= 4 is 11.9 Å². The first-order chi connectivity index (χ1) is 9.25. The summed E-state index contributed by atoms with van der Waals surface area (Å²) in [7, 11) is 0. The van der Waals surface area contributed by atoms with E-state index in [9.17, 15) is 9.90 Å². The number of hydrogen-bond donors (Lipinski definition) is 1. The number of aromatic nitrogens is 2. The Balaban J connectivity index is 1.80. The molecule has 0 radical (unpaired) electrons. The fourth-order valence-corrected chi connectivity index (χ4v) is 2.78. The Kier molecular flexibility index (Phi) is 3.23. The molecule has 1 aromatic rings. The summed E-state index contributed by atoms with van der Waals surface area (Å²) >= 11 is 0. The van der Waals surface area contributed by atoms with Crippen LogP contribution in [0.4, 0.5) is 5.95 Å². The molecule has 0 amide bonds. The summed E-state index contributed by atoms with van der Waals surface area (Å²) < 4.78 is 5.30. The molecular weight excluding hydrogens is 246 g/mol. The lowest BCUT2D eigenvalue weighted by atomic mass is 9.83. The first kappa shape index (κ1) is 12.2. The van der Waals surface area contributed by atoms with Crippen molar-refractivity contribution < 1.29 is 14.4 Å². The molecule has 2 heterocycles. The van der Waals surface area contributed by atoms with Crippen molar-refractivity contribution in [2.75, 3.05) is 18.0 Å². The van der Waals surface area contributed by atoms with Gasteiger partial charge in [0.15, 0.2) is 0 Å². The topological polar surface area (TPSA) is 79.5 Å². The fourth-order valence-electron chi connectivity index (χ4n) is 2.78. The van der Waals surface area contributed by atoms with E-state index in [2.05, 4.69) is 15.0 Å². The molecule has 2 unspecified atom stereocenters. The van der Waals surface area contributed by atoms with Crippen molar-refractivity contribution in [2.24, 2.45) is 5.92 Å². The molecule has 1 N–H and O–H groups in total. The molecule has 1 fully saturated rings. The average Bonchev–Trinajstić information content (AvgIpc) is 3.09. The molecule has 0 spiro atoms. The number of carboxylic acid groups (broad SMARTS) is 1. The zero-order valence-corrected chi connectivity index (χ0v) is 10.7. The molecule has 1 saturated heterocycles. The molecular formula is C13H17N3O3. The molecule has 3 rings (SSSR count). The lowest BCUT2D eigenvalue weighted by Gasteiger charge is -2.21. The SMILES string of the molecule is O=C(O)C1CC=CCC1c1nc(N2CCCC2)no1. The van der Waals surface area contributed by atoms with Gasteiger partial charge in [0.1, 0.15) is 0 Å². The summed E-state index contributed by atoms with van der Waals surface area (Å²) in [5.41, 5.74) is 0. The van der Waals surface area contributed by atoms with Crippen LogP contribution in [0.5, 0.6) is 0 Å². The number of aliphatic carboxylic acids is 1. The third kappa shape index (κ3) is 2.34. The van der Waals surface area contributed by atoms with Crippen LogP contribution in [0.1, 0.15) is 37.5 Å². The highest BCUT2D eigenvalue weighted by molar-refractivity contribution is 5.71. The molecule has 0 saturated carbocycles. The Morgan fingerprint density at radius 3 is 2.79 bits per heavy atom. The van der Waals surface area contributed by atoms with Crippen molar-refractivity contribution in [3.63, 3.8) is 0 Å². The van der Waals surface area contributed by atoms with Gasteiger partial charge < -0.3 is 14.5 Å². The van der Waals surface area contributed by atoms with E-state index in [0.717, 1.165) is 25.9 Å². The van der Waals surface area contributed by atoms with E-state index < -0.39 is 11.9 Å². The number of rotatable bonds is 3. The van der Waals surface area contributed by atoms with Crippen LogP contribution < -0.4 is 4.90 Å². The second-order valence-corrected chi connectivity index (χ2v) is 5.12. The van der Waals surface area contributed by atoms with E-state index in [1.807, 2.05) is 12.2 Å². The number of hydrogen-bond acceptors (Lipinski definition) is 5. The van der Waals surface area contributed by atoms with E-state index in [1.165, 1.54) is 0 Å². The highest BCUT2D eigenvalue weighted by atomic mass is 16.5. The van der Waals surface area contributed by atoms with Gasteiger partial charge in [-0.25, -0.2) is 0 Å². The van der Waals surface area contributed by atoms with Crippen LogP contribution in [-0.4, -0.2) is 34.3 Å². The average molecular weight is 263 g/mol. The van der Waals surface area contributed by atoms with Gasteiger partial charge in [0.2, 0.25) is 5.89 Å². The van der Waals surface area contributed by atoms with Gasteiger partial charge in [0, 0.05) is 13.1 Å². The number of nitrogens with zero attached hydrogens (tertiary/aromatic N) is 3. The van der Waals surface area contributed by atoms with Crippen LogP contribution in [0.25, 0.3) is 0 Å². The number of anilines is 1. The molecule has 19 heavy (non-hydrogen) atoms. The second-order valence-electron chi connectivity index (χ2n) is 5.12. The summed E-state index contributed by atoms with van der Waals surface area (Å²) in [5.74, 6) is -0.400. The van der Waals surface area contributed by atoms with Crippen molar-refractivity contribution in [2.45, 2.75) is 31.6 Å². The van der Waals surface area contributed by atoms with Gasteiger partial charge in [-0.05, 0) is 30.8 Å². The smallest absolute Gasteiger partial charge is 0.307 e. The van der Waals surface area contributed by atoms with Gasteiger partial charge in [0.25, 0.3) is 5.95 Å². The summed E-state index contributed by atoms with van der Waals surface area (Å²) in [6, 6.07) is 0. The van der Waals surface area contributed by atoms with Crippen LogP contribution in [0.2, 0.25) is 0 Å². The van der Waals surface area contributed by atoms with E-state index >= 15 is 0 Å². The van der Waals surface area contributed by atoms with E-state index in [4.69, 9.17) is 4.52 Å². The summed E-state index contributed by atoms with van der Waals surface area (Å²) in [4.78, 5) is 17.8. The summed E-state index contributed by atoms with van der Waals surface area (Å²) in [6.07, 6.45) is 7.37. The summed E-state index contributed by atoms with van der Waals surface area (Å²) in [6.45, 7) is 1.90. The molecule has 0 bridgehead atoms. The van der Waals surface area contributed by atoms with Crippen LogP contribution in [0.15, 0.2) is 16.7 Å². The van der Waals surface area contributed by atoms with Crippen LogP contribution >= 0.6 is 0 Å². The van der Waals surface area contributed by atoms with Gasteiger partial charge in [-0.2, -0.15) is 4.98 Å². The van der Waals surface area contributed by atoms with Gasteiger partial charge in [-0.1, -0.05) is 12.2 Å². The quantitative estimate of drug-likeness (QED) is 0.838. The highest BCUT2D eigenvalue weighted by Gasteiger charge is 2.34. The third-order valence-electron chi connectivity index (χ3n) is 3.89. The maximum Gasteiger partial charge on any atom is 0.307 e. The predicted octanol–water partition coefficient (Wildman–Crippen LogP) is 1.80. The Bertz CT molecular complexity index is 491. The third-order valence-corrected chi connectivity index (χ3v) is 3.89. The Hall–Kier alpha value is -1.85. The Morgan fingerprint density at radius 2 is 2.05 bits per heavy atom.